The zero-order valence-corrected chi connectivity index (χ0v) is 19.4. The van der Waals surface area contributed by atoms with Gasteiger partial charge in [-0.2, -0.15) is 0 Å². The van der Waals surface area contributed by atoms with Crippen LogP contribution in [0, 0.1) is 5.92 Å². The van der Waals surface area contributed by atoms with Crippen LogP contribution in [0.3, 0.4) is 0 Å². The van der Waals surface area contributed by atoms with Gasteiger partial charge >= 0.3 is 6.03 Å². The number of amides is 2. The number of fused-ring (bicyclic) bond motifs is 1. The second kappa shape index (κ2) is 10.4. The van der Waals surface area contributed by atoms with Crippen LogP contribution in [0.2, 0.25) is 0 Å². The van der Waals surface area contributed by atoms with Gasteiger partial charge in [0.2, 0.25) is 0 Å². The van der Waals surface area contributed by atoms with Gasteiger partial charge in [0.25, 0.3) is 0 Å². The van der Waals surface area contributed by atoms with E-state index in [0.29, 0.717) is 46.1 Å². The van der Waals surface area contributed by atoms with Crippen molar-refractivity contribution in [3.63, 3.8) is 0 Å². The zero-order chi connectivity index (χ0) is 24.0. The molecule has 0 bridgehead atoms. The molecule has 5 rings (SSSR count). The molecule has 0 radical (unpaired) electrons. The first-order valence-electron chi connectivity index (χ1n) is 12.0. The zero-order valence-electron chi connectivity index (χ0n) is 19.4. The smallest absolute Gasteiger partial charge is 0.319 e. The molecule has 2 aromatic heterocycles. The second-order valence-electron chi connectivity index (χ2n) is 8.89. The first-order valence-corrected chi connectivity index (χ1v) is 12.0. The van der Waals surface area contributed by atoms with Crippen molar-refractivity contribution < 1.29 is 9.59 Å². The Kier molecular flexibility index (Phi) is 6.70. The Labute approximate surface area is 203 Å². The highest BCUT2D eigenvalue weighted by atomic mass is 16.2. The standard InChI is InChI=1S/C27H28N6O2/c34-24(19-10-5-2-6-11-19)22-16-28-25-23(22)26(31-17-30-25)32-20-12-7-13-21(14-20)33-27(35)29-15-18-8-3-1-4-9-18/h2,5-7,10-14,16-18H,1,3-4,8-9,15H2,(H2,29,33,35)(H2,28,30,31,32). The molecule has 178 valence electrons. The molecule has 1 saturated carbocycles. The summed E-state index contributed by atoms with van der Waals surface area (Å²) >= 11 is 0. The summed E-state index contributed by atoms with van der Waals surface area (Å²) in [5.41, 5.74) is 3.04. The van der Waals surface area contributed by atoms with Gasteiger partial charge in [0.15, 0.2) is 5.78 Å². The first kappa shape index (κ1) is 22.6. The highest BCUT2D eigenvalue weighted by Gasteiger charge is 2.19. The molecule has 8 nitrogen and oxygen atoms in total. The van der Waals surface area contributed by atoms with Crippen molar-refractivity contribution in [2.45, 2.75) is 32.1 Å². The van der Waals surface area contributed by atoms with Crippen LogP contribution in [-0.4, -0.2) is 33.3 Å². The molecule has 1 aliphatic rings. The molecule has 2 aromatic carbocycles. The van der Waals surface area contributed by atoms with Crippen molar-refractivity contribution in [1.82, 2.24) is 20.3 Å². The number of benzene rings is 2. The third-order valence-corrected chi connectivity index (χ3v) is 6.41. The van der Waals surface area contributed by atoms with Crippen LogP contribution < -0.4 is 16.0 Å². The minimum Gasteiger partial charge on any atom is -0.345 e. The number of rotatable bonds is 7. The summed E-state index contributed by atoms with van der Waals surface area (Å²) in [6.07, 6.45) is 9.26. The fraction of sp³-hybridized carbons (Fsp3) is 0.259. The van der Waals surface area contributed by atoms with E-state index in [1.54, 1.807) is 18.3 Å². The van der Waals surface area contributed by atoms with Crippen LogP contribution in [0.4, 0.5) is 22.0 Å². The van der Waals surface area contributed by atoms with Gasteiger partial charge in [-0.3, -0.25) is 4.79 Å². The van der Waals surface area contributed by atoms with Gasteiger partial charge < -0.3 is 20.9 Å². The van der Waals surface area contributed by atoms with E-state index in [4.69, 9.17) is 0 Å². The lowest BCUT2D eigenvalue weighted by molar-refractivity contribution is 0.104. The minimum atomic E-state index is -0.210. The second-order valence-corrected chi connectivity index (χ2v) is 8.89. The van der Waals surface area contributed by atoms with E-state index in [-0.39, 0.29) is 11.8 Å². The summed E-state index contributed by atoms with van der Waals surface area (Å²) in [7, 11) is 0. The Bertz CT molecular complexity index is 1330. The highest BCUT2D eigenvalue weighted by Crippen LogP contribution is 2.29. The number of anilines is 3. The summed E-state index contributed by atoms with van der Waals surface area (Å²) in [6.45, 7) is 0.703. The molecule has 2 amide bonds. The highest BCUT2D eigenvalue weighted by molar-refractivity contribution is 6.18. The molecule has 4 aromatic rings. The van der Waals surface area contributed by atoms with E-state index in [2.05, 4.69) is 30.9 Å². The average Bonchev–Trinajstić information content (AvgIpc) is 3.34. The van der Waals surface area contributed by atoms with E-state index in [1.165, 1.54) is 38.4 Å². The van der Waals surface area contributed by atoms with Gasteiger partial charge in [-0.25, -0.2) is 14.8 Å². The van der Waals surface area contributed by atoms with Crippen LogP contribution in [0.25, 0.3) is 11.0 Å². The number of nitrogens with zero attached hydrogens (tertiary/aromatic N) is 2. The number of nitrogens with one attached hydrogen (secondary N) is 4. The SMILES string of the molecule is O=C(NCC1CCCCC1)Nc1cccc(Nc2ncnc3[nH]cc(C(=O)c4ccccc4)c23)c1. The normalized spacial score (nSPS) is 13.9. The van der Waals surface area contributed by atoms with E-state index >= 15 is 0 Å². The van der Waals surface area contributed by atoms with Crippen LogP contribution in [-0.2, 0) is 0 Å². The predicted molar refractivity (Wildman–Crippen MR) is 137 cm³/mol. The van der Waals surface area contributed by atoms with Crippen LogP contribution in [0.15, 0.2) is 67.1 Å². The first-order chi connectivity index (χ1) is 17.2. The molecular formula is C27H28N6O2. The summed E-state index contributed by atoms with van der Waals surface area (Å²) in [6, 6.07) is 16.3. The molecule has 2 heterocycles. The molecule has 0 spiro atoms. The van der Waals surface area contributed by atoms with Crippen LogP contribution in [0.1, 0.15) is 48.0 Å². The third kappa shape index (κ3) is 5.32. The van der Waals surface area contributed by atoms with Gasteiger partial charge in [0, 0.05) is 29.7 Å². The molecule has 0 aliphatic heterocycles. The van der Waals surface area contributed by atoms with E-state index in [1.807, 2.05) is 42.5 Å². The molecule has 0 unspecified atom stereocenters. The molecule has 0 atom stereocenters. The molecular weight excluding hydrogens is 440 g/mol. The topological polar surface area (TPSA) is 112 Å². The fourth-order valence-corrected chi connectivity index (χ4v) is 4.60. The number of carbonyl (C=O) groups excluding carboxylic acids is 2. The number of hydrogen-bond acceptors (Lipinski definition) is 5. The van der Waals surface area contributed by atoms with Gasteiger partial charge in [0.05, 0.1) is 10.9 Å². The molecule has 4 N–H and O–H groups in total. The lowest BCUT2D eigenvalue weighted by Gasteiger charge is -2.21. The number of hydrogen-bond donors (Lipinski definition) is 4. The largest absolute Gasteiger partial charge is 0.345 e. The maximum Gasteiger partial charge on any atom is 0.319 e. The monoisotopic (exact) mass is 468 g/mol. The Morgan fingerprint density at radius 3 is 2.57 bits per heavy atom. The summed E-state index contributed by atoms with van der Waals surface area (Å²) < 4.78 is 0. The van der Waals surface area contributed by atoms with Crippen LogP contribution >= 0.6 is 0 Å². The van der Waals surface area contributed by atoms with Crippen molar-refractivity contribution in [1.29, 1.82) is 0 Å². The number of carbonyl (C=O) groups is 2. The van der Waals surface area contributed by atoms with E-state index in [9.17, 15) is 9.59 Å². The molecule has 1 aliphatic carbocycles. The summed E-state index contributed by atoms with van der Waals surface area (Å²) in [4.78, 5) is 37.3. The van der Waals surface area contributed by atoms with Crippen molar-refractivity contribution in [3.8, 4) is 0 Å². The maximum absolute atomic E-state index is 13.1. The average molecular weight is 469 g/mol. The number of urea groups is 1. The van der Waals surface area contributed by atoms with Crippen LogP contribution in [0.5, 0.6) is 0 Å². The number of H-pyrrole nitrogens is 1. The molecule has 0 saturated heterocycles. The lowest BCUT2D eigenvalue weighted by atomic mass is 9.89. The fourth-order valence-electron chi connectivity index (χ4n) is 4.60. The van der Waals surface area contributed by atoms with Gasteiger partial charge in [-0.1, -0.05) is 55.7 Å². The van der Waals surface area contributed by atoms with Crippen molar-refractivity contribution in [2.24, 2.45) is 5.92 Å². The molecule has 8 heteroatoms. The quantitative estimate of drug-likeness (QED) is 0.263. The Hall–Kier alpha value is -4.20. The maximum atomic E-state index is 13.1. The van der Waals surface area contributed by atoms with E-state index in [0.717, 1.165) is 5.69 Å². The van der Waals surface area contributed by atoms with Gasteiger partial charge in [-0.15, -0.1) is 0 Å². The summed E-state index contributed by atoms with van der Waals surface area (Å²) in [5, 5.41) is 9.80. The van der Waals surface area contributed by atoms with Crippen molar-refractivity contribution in [2.75, 3.05) is 17.2 Å². The number of aromatic nitrogens is 3. The Morgan fingerprint density at radius 2 is 1.74 bits per heavy atom. The van der Waals surface area contributed by atoms with Crippen molar-refractivity contribution >= 4 is 40.0 Å². The summed E-state index contributed by atoms with van der Waals surface area (Å²) in [5.74, 6) is 0.964. The molecule has 35 heavy (non-hydrogen) atoms. The van der Waals surface area contributed by atoms with E-state index < -0.39 is 0 Å². The number of aromatic amines is 1. The van der Waals surface area contributed by atoms with Gasteiger partial charge in [-0.05, 0) is 37.0 Å². The lowest BCUT2D eigenvalue weighted by Crippen LogP contribution is -2.33. The Morgan fingerprint density at radius 1 is 0.943 bits per heavy atom. The number of ketones is 1. The molecule has 1 fully saturated rings. The minimum absolute atomic E-state index is 0.111. The third-order valence-electron chi connectivity index (χ3n) is 6.41. The van der Waals surface area contributed by atoms with Gasteiger partial charge in [0.1, 0.15) is 17.8 Å². The Balaban J connectivity index is 1.31. The predicted octanol–water partition coefficient (Wildman–Crippen LogP) is 5.63. The van der Waals surface area contributed by atoms with Crippen molar-refractivity contribution in [3.05, 3.63) is 78.2 Å².